The number of amides is 1. The number of H-pyrrole nitrogens is 1. The molecule has 1 aromatic rings. The van der Waals surface area contributed by atoms with Crippen LogP contribution in [0.4, 0.5) is 0 Å². The number of likely N-dealkylation sites (tertiary alicyclic amines) is 1. The van der Waals surface area contributed by atoms with Gasteiger partial charge < -0.3 is 9.47 Å². The fourth-order valence-corrected chi connectivity index (χ4v) is 5.41. The molecule has 0 aromatic carbocycles. The number of aromatic nitrogens is 3. The number of hydrogen-bond donors (Lipinski definition) is 1. The van der Waals surface area contributed by atoms with Gasteiger partial charge in [0.1, 0.15) is 5.82 Å². The monoisotopic (exact) mass is 348 g/mol. The highest BCUT2D eigenvalue weighted by molar-refractivity contribution is 7.71. The molecule has 3 aliphatic rings. The van der Waals surface area contributed by atoms with Gasteiger partial charge in [0.25, 0.3) is 0 Å². The van der Waals surface area contributed by atoms with Crippen LogP contribution in [-0.2, 0) is 4.79 Å². The lowest BCUT2D eigenvalue weighted by atomic mass is 9.96. The predicted octanol–water partition coefficient (Wildman–Crippen LogP) is 3.66. The van der Waals surface area contributed by atoms with E-state index in [-0.39, 0.29) is 0 Å². The van der Waals surface area contributed by atoms with Gasteiger partial charge in [-0.25, -0.2) is 0 Å². The molecule has 2 saturated carbocycles. The molecule has 0 spiro atoms. The molecule has 1 aromatic heterocycles. The predicted molar refractivity (Wildman–Crippen MR) is 95.3 cm³/mol. The number of rotatable bonds is 3. The van der Waals surface area contributed by atoms with Gasteiger partial charge in [-0.2, -0.15) is 5.10 Å². The summed E-state index contributed by atoms with van der Waals surface area (Å²) in [6.45, 7) is 5.99. The van der Waals surface area contributed by atoms with Gasteiger partial charge in [0.2, 0.25) is 5.91 Å². The van der Waals surface area contributed by atoms with Crippen LogP contribution in [0.1, 0.15) is 70.2 Å². The minimum atomic E-state index is 0.295. The Hall–Kier alpha value is -1.17. The number of fused-ring (bicyclic) bond motifs is 1. The Labute approximate surface area is 148 Å². The second kappa shape index (κ2) is 6.28. The molecular formula is C18H28N4OS. The Morgan fingerprint density at radius 1 is 1.21 bits per heavy atom. The molecule has 5 nitrogen and oxygen atoms in total. The fraction of sp³-hybridized carbons (Fsp3) is 0.833. The van der Waals surface area contributed by atoms with E-state index in [4.69, 9.17) is 12.2 Å². The quantitative estimate of drug-likeness (QED) is 0.848. The number of nitrogens with zero attached hydrogens (tertiary/aromatic N) is 3. The van der Waals surface area contributed by atoms with Crippen LogP contribution < -0.4 is 0 Å². The van der Waals surface area contributed by atoms with Crippen LogP contribution in [0, 0.1) is 22.5 Å². The molecule has 2 heterocycles. The molecule has 4 atom stereocenters. The lowest BCUT2D eigenvalue weighted by molar-refractivity contribution is -0.134. The highest BCUT2D eigenvalue weighted by atomic mass is 32.1. The van der Waals surface area contributed by atoms with Crippen LogP contribution in [0.2, 0.25) is 0 Å². The Morgan fingerprint density at radius 2 is 1.92 bits per heavy atom. The molecule has 0 radical (unpaired) electrons. The molecule has 132 valence electrons. The number of piperidine rings is 1. The molecule has 1 unspecified atom stereocenters. The molecule has 1 amide bonds. The lowest BCUT2D eigenvalue weighted by Crippen LogP contribution is -2.41. The van der Waals surface area contributed by atoms with E-state index >= 15 is 0 Å². The summed E-state index contributed by atoms with van der Waals surface area (Å²) in [4.78, 5) is 15.1. The van der Waals surface area contributed by atoms with Gasteiger partial charge in [0.15, 0.2) is 4.77 Å². The lowest BCUT2D eigenvalue weighted by Gasteiger charge is -2.33. The Bertz CT molecular complexity index is 667. The van der Waals surface area contributed by atoms with Gasteiger partial charge >= 0.3 is 0 Å². The van der Waals surface area contributed by atoms with E-state index in [0.29, 0.717) is 40.4 Å². The molecule has 1 saturated heterocycles. The van der Waals surface area contributed by atoms with Crippen LogP contribution in [0.5, 0.6) is 0 Å². The van der Waals surface area contributed by atoms with Crippen LogP contribution in [-0.4, -0.2) is 38.7 Å². The van der Waals surface area contributed by atoms with Gasteiger partial charge in [0, 0.05) is 31.0 Å². The summed E-state index contributed by atoms with van der Waals surface area (Å²) in [6, 6.07) is 0.295. The van der Waals surface area contributed by atoms with Crippen molar-refractivity contribution in [3.8, 4) is 0 Å². The standard InChI is InChI=1S/C18H28N4OS/c1-11(2)22-16(19-20-18(22)24)12-6-5-9-21(10-12)17(23)15-13-7-3-4-8-14(13)15/h11-15H,3-10H2,1-2H3,(H,20,24)/t12-,13-,14+,15?/m1/s1. The van der Waals surface area contributed by atoms with Crippen molar-refractivity contribution in [3.05, 3.63) is 10.6 Å². The van der Waals surface area contributed by atoms with Gasteiger partial charge in [-0.3, -0.25) is 9.89 Å². The summed E-state index contributed by atoms with van der Waals surface area (Å²) in [5, 5.41) is 7.44. The second-order valence-electron chi connectivity index (χ2n) is 8.11. The Balaban J connectivity index is 1.48. The SMILES string of the molecule is CC(C)n1c([C@@H]2CCCN(C(=O)C3[C@H]4CCCC[C@@H]34)C2)n[nH]c1=S. The van der Waals surface area contributed by atoms with E-state index in [1.54, 1.807) is 0 Å². The van der Waals surface area contributed by atoms with Crippen LogP contribution in [0.15, 0.2) is 0 Å². The molecular weight excluding hydrogens is 320 g/mol. The van der Waals surface area contributed by atoms with Crippen molar-refractivity contribution in [2.75, 3.05) is 13.1 Å². The summed E-state index contributed by atoms with van der Waals surface area (Å²) in [5.41, 5.74) is 0. The largest absolute Gasteiger partial charge is 0.342 e. The highest BCUT2D eigenvalue weighted by Crippen LogP contribution is 2.56. The van der Waals surface area contributed by atoms with Gasteiger partial charge in [-0.1, -0.05) is 12.8 Å². The maximum Gasteiger partial charge on any atom is 0.226 e. The summed E-state index contributed by atoms with van der Waals surface area (Å²) in [7, 11) is 0. The minimum absolute atomic E-state index is 0.295. The summed E-state index contributed by atoms with van der Waals surface area (Å²) in [5.74, 6) is 3.47. The zero-order chi connectivity index (χ0) is 16.8. The average molecular weight is 349 g/mol. The Kier molecular flexibility index (Phi) is 4.27. The molecule has 1 N–H and O–H groups in total. The van der Waals surface area contributed by atoms with Crippen LogP contribution >= 0.6 is 12.2 Å². The highest BCUT2D eigenvalue weighted by Gasteiger charge is 2.56. The molecule has 0 bridgehead atoms. The van der Waals surface area contributed by atoms with Gasteiger partial charge in [0.05, 0.1) is 0 Å². The molecule has 2 aliphatic carbocycles. The summed E-state index contributed by atoms with van der Waals surface area (Å²) >= 11 is 5.38. The van der Waals surface area contributed by atoms with Crippen molar-refractivity contribution in [3.63, 3.8) is 0 Å². The van der Waals surface area contributed by atoms with Crippen molar-refractivity contribution in [1.82, 2.24) is 19.7 Å². The fourth-order valence-electron chi connectivity index (χ4n) is 5.06. The molecule has 4 rings (SSSR count). The van der Waals surface area contributed by atoms with Gasteiger partial charge in [-0.15, -0.1) is 0 Å². The zero-order valence-corrected chi connectivity index (χ0v) is 15.5. The van der Waals surface area contributed by atoms with E-state index in [1.807, 2.05) is 0 Å². The van der Waals surface area contributed by atoms with E-state index in [9.17, 15) is 4.79 Å². The third-order valence-electron chi connectivity index (χ3n) is 6.29. The third-order valence-corrected chi connectivity index (χ3v) is 6.58. The zero-order valence-electron chi connectivity index (χ0n) is 14.7. The first-order chi connectivity index (χ1) is 11.6. The van der Waals surface area contributed by atoms with E-state index in [2.05, 4.69) is 33.5 Å². The molecule has 1 aliphatic heterocycles. The number of hydrogen-bond acceptors (Lipinski definition) is 3. The van der Waals surface area contributed by atoms with E-state index in [0.717, 1.165) is 31.8 Å². The van der Waals surface area contributed by atoms with Crippen molar-refractivity contribution in [2.45, 2.75) is 64.3 Å². The number of carbonyl (C=O) groups is 1. The normalized spacial score (nSPS) is 32.7. The van der Waals surface area contributed by atoms with Gasteiger partial charge in [-0.05, 0) is 63.6 Å². The maximum absolute atomic E-state index is 13.0. The number of aromatic amines is 1. The molecule has 3 fully saturated rings. The van der Waals surface area contributed by atoms with Crippen molar-refractivity contribution in [2.24, 2.45) is 17.8 Å². The topological polar surface area (TPSA) is 53.9 Å². The Morgan fingerprint density at radius 3 is 2.58 bits per heavy atom. The second-order valence-corrected chi connectivity index (χ2v) is 8.50. The first-order valence-corrected chi connectivity index (χ1v) is 9.94. The van der Waals surface area contributed by atoms with Crippen molar-refractivity contribution >= 4 is 18.1 Å². The third kappa shape index (κ3) is 2.72. The van der Waals surface area contributed by atoms with Crippen molar-refractivity contribution < 1.29 is 4.79 Å². The van der Waals surface area contributed by atoms with Crippen molar-refractivity contribution in [1.29, 1.82) is 0 Å². The number of carbonyl (C=O) groups excluding carboxylic acids is 1. The average Bonchev–Trinajstić information content (AvgIpc) is 3.19. The first-order valence-electron chi connectivity index (χ1n) is 9.53. The molecule has 6 heteroatoms. The summed E-state index contributed by atoms with van der Waals surface area (Å²) < 4.78 is 2.81. The maximum atomic E-state index is 13.0. The van der Waals surface area contributed by atoms with Crippen LogP contribution in [0.3, 0.4) is 0 Å². The van der Waals surface area contributed by atoms with E-state index in [1.165, 1.54) is 25.7 Å². The first kappa shape index (κ1) is 16.3. The number of nitrogens with one attached hydrogen (secondary N) is 1. The smallest absolute Gasteiger partial charge is 0.226 e. The van der Waals surface area contributed by atoms with Crippen LogP contribution in [0.25, 0.3) is 0 Å². The minimum Gasteiger partial charge on any atom is -0.342 e. The molecule has 24 heavy (non-hydrogen) atoms. The van der Waals surface area contributed by atoms with E-state index < -0.39 is 0 Å². The summed E-state index contributed by atoms with van der Waals surface area (Å²) in [6.07, 6.45) is 7.33.